The van der Waals surface area contributed by atoms with Gasteiger partial charge >= 0.3 is 0 Å². The fourth-order valence-corrected chi connectivity index (χ4v) is 3.60. The molecule has 0 aliphatic carbocycles. The van der Waals surface area contributed by atoms with E-state index >= 15 is 0 Å². The average molecular weight is 523 g/mol. The Morgan fingerprint density at radius 3 is 2.63 bits per heavy atom. The Labute approximate surface area is 188 Å². The molecular formula is C19H28ClIN4OS. The molecule has 0 saturated carbocycles. The minimum atomic E-state index is 0. The van der Waals surface area contributed by atoms with Gasteiger partial charge < -0.3 is 15.4 Å². The molecule has 27 heavy (non-hydrogen) atoms. The van der Waals surface area contributed by atoms with Gasteiger partial charge in [0.2, 0.25) is 0 Å². The molecule has 0 atom stereocenters. The molecule has 0 unspecified atom stereocenters. The van der Waals surface area contributed by atoms with Crippen LogP contribution in [-0.2, 0) is 12.8 Å². The third-order valence-corrected chi connectivity index (χ3v) is 5.33. The molecule has 2 N–H and O–H groups in total. The van der Waals surface area contributed by atoms with Gasteiger partial charge in [0.25, 0.3) is 0 Å². The zero-order chi connectivity index (χ0) is 18.8. The number of hydrogen-bond donors (Lipinski definition) is 2. The first-order chi connectivity index (χ1) is 12.6. The Hall–Kier alpha value is -1.06. The third-order valence-electron chi connectivity index (χ3n) is 3.95. The fourth-order valence-electron chi connectivity index (χ4n) is 2.52. The standard InChI is InChI=1S/C19H27ClN4OS.HI/c1-14-13-26-18(24-14)6-4-5-10-22-19(21-2)23-11-9-15-7-8-16(25-3)12-17(15)20;/h7-8,12-13H,4-6,9-11H2,1-3H3,(H2,21,22,23);1H. The maximum atomic E-state index is 6.27. The number of thiazole rings is 1. The molecule has 5 nitrogen and oxygen atoms in total. The lowest BCUT2D eigenvalue weighted by Gasteiger charge is -2.12. The molecule has 2 rings (SSSR count). The molecular weight excluding hydrogens is 495 g/mol. The van der Waals surface area contributed by atoms with Crippen LogP contribution >= 0.6 is 46.9 Å². The number of nitrogens with zero attached hydrogens (tertiary/aromatic N) is 2. The third kappa shape index (κ3) is 8.66. The number of hydrogen-bond acceptors (Lipinski definition) is 4. The van der Waals surface area contributed by atoms with E-state index in [1.807, 2.05) is 25.1 Å². The molecule has 0 fully saturated rings. The largest absolute Gasteiger partial charge is 0.497 e. The highest BCUT2D eigenvalue weighted by molar-refractivity contribution is 14.0. The van der Waals surface area contributed by atoms with Crippen molar-refractivity contribution in [3.8, 4) is 5.75 Å². The molecule has 0 amide bonds. The van der Waals surface area contributed by atoms with Crippen LogP contribution in [0.2, 0.25) is 5.02 Å². The van der Waals surface area contributed by atoms with Crippen molar-refractivity contribution < 1.29 is 4.74 Å². The normalized spacial score (nSPS) is 11.0. The second-order valence-electron chi connectivity index (χ2n) is 5.97. The van der Waals surface area contributed by atoms with Crippen molar-refractivity contribution in [1.29, 1.82) is 0 Å². The smallest absolute Gasteiger partial charge is 0.190 e. The summed E-state index contributed by atoms with van der Waals surface area (Å²) in [7, 11) is 3.43. The summed E-state index contributed by atoms with van der Waals surface area (Å²) >= 11 is 8.01. The number of aryl methyl sites for hydroxylation is 2. The van der Waals surface area contributed by atoms with E-state index in [4.69, 9.17) is 16.3 Å². The summed E-state index contributed by atoms with van der Waals surface area (Å²) < 4.78 is 5.17. The van der Waals surface area contributed by atoms with Crippen LogP contribution in [0.1, 0.15) is 29.1 Å². The van der Waals surface area contributed by atoms with E-state index in [9.17, 15) is 0 Å². The number of methoxy groups -OCH3 is 1. The number of halogens is 2. The van der Waals surface area contributed by atoms with E-state index in [-0.39, 0.29) is 24.0 Å². The lowest BCUT2D eigenvalue weighted by Crippen LogP contribution is -2.38. The number of guanidine groups is 1. The van der Waals surface area contributed by atoms with Gasteiger partial charge in [-0.15, -0.1) is 35.3 Å². The van der Waals surface area contributed by atoms with E-state index in [2.05, 4.69) is 26.0 Å². The summed E-state index contributed by atoms with van der Waals surface area (Å²) in [5, 5.41) is 10.7. The minimum absolute atomic E-state index is 0. The summed E-state index contributed by atoms with van der Waals surface area (Å²) in [6, 6.07) is 5.77. The number of nitrogens with one attached hydrogen (secondary N) is 2. The van der Waals surface area contributed by atoms with Crippen molar-refractivity contribution in [3.63, 3.8) is 0 Å². The monoisotopic (exact) mass is 522 g/mol. The van der Waals surface area contributed by atoms with Crippen molar-refractivity contribution in [2.45, 2.75) is 32.6 Å². The topological polar surface area (TPSA) is 58.5 Å². The van der Waals surface area contributed by atoms with Gasteiger partial charge in [0, 0.05) is 36.2 Å². The van der Waals surface area contributed by atoms with Crippen LogP contribution < -0.4 is 15.4 Å². The maximum Gasteiger partial charge on any atom is 0.190 e. The highest BCUT2D eigenvalue weighted by atomic mass is 127. The fraction of sp³-hybridized carbons (Fsp3) is 0.474. The number of benzene rings is 1. The van der Waals surface area contributed by atoms with Crippen LogP contribution in [0.25, 0.3) is 0 Å². The molecule has 0 bridgehead atoms. The second kappa shape index (κ2) is 13.2. The van der Waals surface area contributed by atoms with Crippen molar-refractivity contribution in [2.24, 2.45) is 4.99 Å². The summed E-state index contributed by atoms with van der Waals surface area (Å²) in [6.07, 6.45) is 4.08. The van der Waals surface area contributed by atoms with Crippen molar-refractivity contribution in [3.05, 3.63) is 44.9 Å². The van der Waals surface area contributed by atoms with Crippen molar-refractivity contribution >= 4 is 52.9 Å². The number of ether oxygens (including phenoxy) is 1. The molecule has 0 aliphatic heterocycles. The predicted molar refractivity (Wildman–Crippen MR) is 126 cm³/mol. The Balaban J connectivity index is 0.00000364. The van der Waals surface area contributed by atoms with Crippen LogP contribution in [0.5, 0.6) is 5.75 Å². The molecule has 1 heterocycles. The number of unbranched alkanes of at least 4 members (excludes halogenated alkanes) is 1. The number of rotatable bonds is 9. The Bertz CT molecular complexity index is 723. The molecule has 150 valence electrons. The lowest BCUT2D eigenvalue weighted by molar-refractivity contribution is 0.414. The number of aliphatic imine (C=N–C) groups is 1. The minimum Gasteiger partial charge on any atom is -0.497 e. The Kier molecular flexibility index (Phi) is 11.7. The van der Waals surface area contributed by atoms with E-state index in [0.29, 0.717) is 0 Å². The Morgan fingerprint density at radius 1 is 1.22 bits per heavy atom. The van der Waals surface area contributed by atoms with Crippen LogP contribution in [0.4, 0.5) is 0 Å². The maximum absolute atomic E-state index is 6.27. The molecule has 1 aromatic carbocycles. The Morgan fingerprint density at radius 2 is 2.00 bits per heavy atom. The van der Waals surface area contributed by atoms with Crippen LogP contribution in [0.15, 0.2) is 28.6 Å². The highest BCUT2D eigenvalue weighted by Crippen LogP contribution is 2.22. The van der Waals surface area contributed by atoms with Gasteiger partial charge in [0.15, 0.2) is 5.96 Å². The molecule has 0 radical (unpaired) electrons. The van der Waals surface area contributed by atoms with Gasteiger partial charge in [0.1, 0.15) is 5.75 Å². The number of aromatic nitrogens is 1. The first-order valence-corrected chi connectivity index (χ1v) is 10.1. The molecule has 1 aromatic heterocycles. The van der Waals surface area contributed by atoms with E-state index in [0.717, 1.165) is 66.8 Å². The second-order valence-corrected chi connectivity index (χ2v) is 7.32. The van der Waals surface area contributed by atoms with Crippen LogP contribution in [0.3, 0.4) is 0 Å². The van der Waals surface area contributed by atoms with Gasteiger partial charge in [-0.2, -0.15) is 0 Å². The predicted octanol–water partition coefficient (Wildman–Crippen LogP) is 4.46. The molecule has 8 heteroatoms. The SMILES string of the molecule is CN=C(NCCCCc1nc(C)cs1)NCCc1ccc(OC)cc1Cl.I. The quantitative estimate of drug-likeness (QED) is 0.221. The van der Waals surface area contributed by atoms with Crippen LogP contribution in [-0.4, -0.2) is 38.2 Å². The zero-order valence-corrected chi connectivity index (χ0v) is 20.0. The zero-order valence-electron chi connectivity index (χ0n) is 16.0. The highest BCUT2D eigenvalue weighted by Gasteiger charge is 2.04. The van der Waals surface area contributed by atoms with Gasteiger partial charge in [-0.25, -0.2) is 4.98 Å². The molecule has 0 aliphatic rings. The molecule has 2 aromatic rings. The summed E-state index contributed by atoms with van der Waals surface area (Å²) in [5.41, 5.74) is 2.21. The van der Waals surface area contributed by atoms with E-state index in [1.54, 1.807) is 25.5 Å². The van der Waals surface area contributed by atoms with Gasteiger partial charge in [-0.1, -0.05) is 17.7 Å². The summed E-state index contributed by atoms with van der Waals surface area (Å²) in [4.78, 5) is 8.75. The van der Waals surface area contributed by atoms with Gasteiger partial charge in [0.05, 0.1) is 12.1 Å². The summed E-state index contributed by atoms with van der Waals surface area (Å²) in [6.45, 7) is 3.70. The average Bonchev–Trinajstić information content (AvgIpc) is 3.06. The van der Waals surface area contributed by atoms with Crippen LogP contribution in [0, 0.1) is 6.92 Å². The van der Waals surface area contributed by atoms with Crippen molar-refractivity contribution in [2.75, 3.05) is 27.2 Å². The first kappa shape index (κ1) is 24.0. The molecule has 0 saturated heterocycles. The first-order valence-electron chi connectivity index (χ1n) is 8.80. The van der Waals surface area contributed by atoms with E-state index < -0.39 is 0 Å². The molecule has 0 spiro atoms. The van der Waals surface area contributed by atoms with Gasteiger partial charge in [-0.3, -0.25) is 4.99 Å². The van der Waals surface area contributed by atoms with E-state index in [1.165, 1.54) is 5.01 Å². The lowest BCUT2D eigenvalue weighted by atomic mass is 10.1. The van der Waals surface area contributed by atoms with Gasteiger partial charge in [-0.05, 0) is 50.3 Å². The van der Waals surface area contributed by atoms with Crippen molar-refractivity contribution in [1.82, 2.24) is 15.6 Å². The summed E-state index contributed by atoms with van der Waals surface area (Å²) in [5.74, 6) is 1.59.